The third-order valence-corrected chi connectivity index (χ3v) is 11.6. The van der Waals surface area contributed by atoms with Gasteiger partial charge in [0.2, 0.25) is 0 Å². The van der Waals surface area contributed by atoms with Gasteiger partial charge in [0.1, 0.15) is 0 Å². The Balaban J connectivity index is 1.11. The predicted molar refractivity (Wildman–Crippen MR) is 227 cm³/mol. The van der Waals surface area contributed by atoms with E-state index < -0.39 is 5.41 Å². The van der Waals surface area contributed by atoms with Crippen molar-refractivity contribution >= 4 is 11.4 Å². The summed E-state index contributed by atoms with van der Waals surface area (Å²) in [5.41, 5.74) is 16.5. The van der Waals surface area contributed by atoms with E-state index in [0.29, 0.717) is 17.5 Å². The van der Waals surface area contributed by atoms with Crippen molar-refractivity contribution in [3.05, 3.63) is 222 Å². The summed E-state index contributed by atoms with van der Waals surface area (Å²) < 4.78 is 0. The molecule has 0 bridgehead atoms. The largest absolute Gasteiger partial charge is 0.310 e. The Morgan fingerprint density at radius 1 is 0.429 bits per heavy atom. The van der Waals surface area contributed by atoms with E-state index in [1.54, 1.807) is 0 Å². The molecular weight excluding hydrogens is 681 g/mol. The van der Waals surface area contributed by atoms with Gasteiger partial charge in [-0.05, 0) is 81.6 Å². The lowest BCUT2D eigenvalue weighted by atomic mass is 9.61. The first-order valence-electron chi connectivity index (χ1n) is 19.3. The van der Waals surface area contributed by atoms with Gasteiger partial charge in [0.25, 0.3) is 0 Å². The number of aromatic nitrogens is 3. The number of nitrogens with zero attached hydrogens (tertiary/aromatic N) is 4. The molecule has 8 aromatic rings. The quantitative estimate of drug-likeness (QED) is 0.178. The average molecular weight is 717 g/mol. The van der Waals surface area contributed by atoms with Crippen molar-refractivity contribution in [2.45, 2.75) is 18.3 Å². The van der Waals surface area contributed by atoms with Crippen LogP contribution in [0.15, 0.2) is 205 Å². The summed E-state index contributed by atoms with van der Waals surface area (Å²) in [7, 11) is 0. The third kappa shape index (κ3) is 4.89. The van der Waals surface area contributed by atoms with E-state index in [-0.39, 0.29) is 0 Å². The van der Waals surface area contributed by atoms with Gasteiger partial charge in [-0.15, -0.1) is 0 Å². The van der Waals surface area contributed by atoms with Gasteiger partial charge in [-0.2, -0.15) is 0 Å². The van der Waals surface area contributed by atoms with Gasteiger partial charge in [0.05, 0.1) is 11.1 Å². The SMILES string of the molecule is C1=CC2=C(CC1)C1(c3ccccc3-c3cccc(-c4ccc(-c5nc(-c6ccccc6)nc(-c6ccccc6)n5)cc4)c31)c1ccccc1N2c1ccccc1. The van der Waals surface area contributed by atoms with Crippen molar-refractivity contribution in [2.24, 2.45) is 0 Å². The minimum Gasteiger partial charge on any atom is -0.310 e. The van der Waals surface area contributed by atoms with Crippen molar-refractivity contribution in [3.63, 3.8) is 0 Å². The highest BCUT2D eigenvalue weighted by molar-refractivity contribution is 5.96. The molecule has 264 valence electrons. The lowest BCUT2D eigenvalue weighted by Gasteiger charge is -2.47. The van der Waals surface area contributed by atoms with Crippen molar-refractivity contribution < 1.29 is 0 Å². The molecule has 1 unspecified atom stereocenters. The summed E-state index contributed by atoms with van der Waals surface area (Å²) in [6.45, 7) is 0. The second-order valence-electron chi connectivity index (χ2n) is 14.6. The second kappa shape index (κ2) is 13.0. The maximum absolute atomic E-state index is 5.02. The molecule has 1 aromatic heterocycles. The minimum absolute atomic E-state index is 0.466. The molecule has 56 heavy (non-hydrogen) atoms. The maximum Gasteiger partial charge on any atom is 0.164 e. The van der Waals surface area contributed by atoms with Gasteiger partial charge in [-0.1, -0.05) is 170 Å². The molecule has 1 aliphatic heterocycles. The molecular formula is C52H36N4. The monoisotopic (exact) mass is 716 g/mol. The first kappa shape index (κ1) is 32.3. The standard InChI is InChI=1S/C52H36N4/c1-4-17-36(18-5-1)49-53-50(37-19-6-2-7-20-37)55-51(54-49)38-33-31-35(32-34-38)40-24-16-25-42-41-23-10-11-26-43(41)52(48(40)42)44-27-12-14-29-46(44)56(39-21-8-3-9-22-39)47-30-15-13-28-45(47)52/h1-12,14-27,29-34H,13,28H2. The maximum atomic E-state index is 5.02. The fraction of sp³-hybridized carbons (Fsp3) is 0.0577. The molecule has 0 amide bonds. The van der Waals surface area contributed by atoms with Crippen LogP contribution in [0.1, 0.15) is 29.5 Å². The molecule has 0 saturated heterocycles. The zero-order valence-corrected chi connectivity index (χ0v) is 30.7. The van der Waals surface area contributed by atoms with Crippen LogP contribution >= 0.6 is 0 Å². The number of allylic oxidation sites excluding steroid dienone is 3. The van der Waals surface area contributed by atoms with Gasteiger partial charge in [-0.3, -0.25) is 0 Å². The number of anilines is 2. The molecule has 1 atom stereocenters. The lowest BCUT2D eigenvalue weighted by Crippen LogP contribution is -2.39. The van der Waals surface area contributed by atoms with Gasteiger partial charge in [-0.25, -0.2) is 15.0 Å². The molecule has 11 rings (SSSR count). The molecule has 0 N–H and O–H groups in total. The number of fused-ring (bicyclic) bond motifs is 8. The summed E-state index contributed by atoms with van der Waals surface area (Å²) in [5, 5.41) is 0. The Morgan fingerprint density at radius 3 is 1.62 bits per heavy atom. The number of rotatable bonds is 5. The molecule has 0 radical (unpaired) electrons. The zero-order valence-electron chi connectivity index (χ0n) is 30.7. The third-order valence-electron chi connectivity index (χ3n) is 11.6. The Bertz CT molecular complexity index is 2790. The second-order valence-corrected chi connectivity index (χ2v) is 14.6. The number of hydrogen-bond donors (Lipinski definition) is 0. The fourth-order valence-corrected chi connectivity index (χ4v) is 9.30. The summed E-state index contributed by atoms with van der Waals surface area (Å²) in [6.07, 6.45) is 6.68. The molecule has 4 nitrogen and oxygen atoms in total. The Kier molecular flexibility index (Phi) is 7.49. The van der Waals surface area contributed by atoms with Crippen LogP contribution in [0.3, 0.4) is 0 Å². The van der Waals surface area contributed by atoms with Gasteiger partial charge in [0.15, 0.2) is 17.5 Å². The highest BCUT2D eigenvalue weighted by atomic mass is 15.2. The van der Waals surface area contributed by atoms with E-state index >= 15 is 0 Å². The van der Waals surface area contributed by atoms with Gasteiger partial charge in [0, 0.05) is 28.1 Å². The van der Waals surface area contributed by atoms with E-state index in [0.717, 1.165) is 35.1 Å². The van der Waals surface area contributed by atoms with Crippen LogP contribution in [0, 0.1) is 0 Å². The zero-order chi connectivity index (χ0) is 37.1. The predicted octanol–water partition coefficient (Wildman–Crippen LogP) is 12.6. The Morgan fingerprint density at radius 2 is 0.946 bits per heavy atom. The van der Waals surface area contributed by atoms with E-state index in [4.69, 9.17) is 15.0 Å². The van der Waals surface area contributed by atoms with Crippen molar-refractivity contribution in [2.75, 3.05) is 4.90 Å². The van der Waals surface area contributed by atoms with E-state index in [9.17, 15) is 0 Å². The van der Waals surface area contributed by atoms with E-state index in [1.807, 2.05) is 60.7 Å². The van der Waals surface area contributed by atoms with Crippen molar-refractivity contribution in [1.82, 2.24) is 15.0 Å². The highest BCUT2D eigenvalue weighted by Gasteiger charge is 2.53. The van der Waals surface area contributed by atoms with Crippen LogP contribution in [0.2, 0.25) is 0 Å². The first-order chi connectivity index (χ1) is 27.8. The van der Waals surface area contributed by atoms with Crippen LogP contribution in [-0.4, -0.2) is 15.0 Å². The molecule has 7 aromatic carbocycles. The lowest BCUT2D eigenvalue weighted by molar-refractivity contribution is 0.665. The number of para-hydroxylation sites is 2. The molecule has 0 saturated carbocycles. The molecule has 1 spiro atoms. The van der Waals surface area contributed by atoms with Crippen LogP contribution in [0.4, 0.5) is 11.4 Å². The van der Waals surface area contributed by atoms with Gasteiger partial charge >= 0.3 is 0 Å². The molecule has 2 aliphatic carbocycles. The van der Waals surface area contributed by atoms with Crippen LogP contribution in [0.25, 0.3) is 56.4 Å². The average Bonchev–Trinajstić information content (AvgIpc) is 3.58. The molecule has 4 heteroatoms. The Labute approximate surface area is 326 Å². The van der Waals surface area contributed by atoms with Crippen molar-refractivity contribution in [1.29, 1.82) is 0 Å². The first-order valence-corrected chi connectivity index (χ1v) is 19.3. The highest BCUT2D eigenvalue weighted by Crippen LogP contribution is 2.64. The number of hydrogen-bond acceptors (Lipinski definition) is 4. The topological polar surface area (TPSA) is 41.9 Å². The summed E-state index contributed by atoms with van der Waals surface area (Å²) in [6, 6.07) is 65.0. The van der Waals surface area contributed by atoms with Crippen LogP contribution in [-0.2, 0) is 5.41 Å². The summed E-state index contributed by atoms with van der Waals surface area (Å²) >= 11 is 0. The fourth-order valence-electron chi connectivity index (χ4n) is 9.30. The smallest absolute Gasteiger partial charge is 0.164 e. The molecule has 0 fully saturated rings. The minimum atomic E-state index is -0.466. The molecule has 3 aliphatic rings. The summed E-state index contributed by atoms with van der Waals surface area (Å²) in [5.74, 6) is 1.97. The van der Waals surface area contributed by atoms with Crippen LogP contribution in [0.5, 0.6) is 0 Å². The van der Waals surface area contributed by atoms with Gasteiger partial charge < -0.3 is 4.90 Å². The summed E-state index contributed by atoms with van der Waals surface area (Å²) in [4.78, 5) is 17.4. The van der Waals surface area contributed by atoms with Crippen LogP contribution < -0.4 is 4.90 Å². The number of benzene rings is 7. The normalized spacial score (nSPS) is 16.3. The molecule has 2 heterocycles. The van der Waals surface area contributed by atoms with E-state index in [2.05, 4.69) is 138 Å². The van der Waals surface area contributed by atoms with Crippen molar-refractivity contribution in [3.8, 4) is 56.4 Å². The Hall–Kier alpha value is -7.17. The van der Waals surface area contributed by atoms with E-state index in [1.165, 1.54) is 56.0 Å².